The van der Waals surface area contributed by atoms with Gasteiger partial charge in [0.15, 0.2) is 0 Å². The average Bonchev–Trinajstić information content (AvgIpc) is 2.91. The van der Waals surface area contributed by atoms with Crippen LogP contribution in [-0.4, -0.2) is 53.9 Å². The summed E-state index contributed by atoms with van der Waals surface area (Å²) in [5.41, 5.74) is 0.462. The lowest BCUT2D eigenvalue weighted by Gasteiger charge is -2.31. The zero-order valence-electron chi connectivity index (χ0n) is 10.3. The Kier molecular flexibility index (Phi) is 4.53. The highest BCUT2D eigenvalue weighted by Crippen LogP contribution is 2.12. The number of ether oxygens (including phenoxy) is 2. The van der Waals surface area contributed by atoms with Crippen molar-refractivity contribution in [2.45, 2.75) is 18.6 Å². The molecule has 0 aliphatic carbocycles. The Morgan fingerprint density at radius 3 is 3.11 bits per heavy atom. The van der Waals surface area contributed by atoms with Crippen molar-refractivity contribution in [3.63, 3.8) is 0 Å². The van der Waals surface area contributed by atoms with E-state index in [9.17, 15) is 9.59 Å². The Bertz CT molecular complexity index is 431. The molecule has 7 nitrogen and oxygen atoms in total. The van der Waals surface area contributed by atoms with Crippen molar-refractivity contribution in [3.8, 4) is 0 Å². The minimum absolute atomic E-state index is 0.235. The number of amides is 1. The number of hydrogen-bond donors (Lipinski definition) is 3. The monoisotopic (exact) mass is 268 g/mol. The van der Waals surface area contributed by atoms with Crippen molar-refractivity contribution in [3.05, 3.63) is 24.0 Å². The molecule has 3 N–H and O–H groups in total. The second-order valence-electron chi connectivity index (χ2n) is 4.27. The van der Waals surface area contributed by atoms with Gasteiger partial charge in [-0.1, -0.05) is 0 Å². The summed E-state index contributed by atoms with van der Waals surface area (Å²) in [6.07, 6.45) is 1.82. The van der Waals surface area contributed by atoms with E-state index in [-0.39, 0.29) is 18.6 Å². The molecule has 1 amide bonds. The van der Waals surface area contributed by atoms with E-state index < -0.39 is 18.7 Å². The van der Waals surface area contributed by atoms with Crippen molar-refractivity contribution in [1.82, 2.24) is 10.3 Å². The minimum atomic E-state index is -1.04. The Labute approximate surface area is 109 Å². The lowest BCUT2D eigenvalue weighted by molar-refractivity contribution is -0.148. The lowest BCUT2D eigenvalue weighted by atomic mass is 10.1. The highest BCUT2D eigenvalue weighted by atomic mass is 16.5. The Morgan fingerprint density at radius 2 is 2.42 bits per heavy atom. The SMILES string of the molecule is O=C(O)CO[C@@H]1COCC[C@H]1NC(=O)c1ccc[nH]1. The van der Waals surface area contributed by atoms with Crippen LogP contribution in [0.3, 0.4) is 0 Å². The molecule has 0 bridgehead atoms. The van der Waals surface area contributed by atoms with Crippen molar-refractivity contribution >= 4 is 11.9 Å². The number of aromatic nitrogens is 1. The fraction of sp³-hybridized carbons (Fsp3) is 0.500. The molecular weight excluding hydrogens is 252 g/mol. The summed E-state index contributed by atoms with van der Waals surface area (Å²) in [7, 11) is 0. The predicted octanol–water partition coefficient (Wildman–Crippen LogP) is 0.00320. The summed E-state index contributed by atoms with van der Waals surface area (Å²) < 4.78 is 10.5. The predicted molar refractivity (Wildman–Crippen MR) is 64.9 cm³/mol. The molecule has 1 aliphatic rings. The molecule has 0 unspecified atom stereocenters. The van der Waals surface area contributed by atoms with Gasteiger partial charge in [-0.25, -0.2) is 4.79 Å². The molecule has 2 atom stereocenters. The summed E-state index contributed by atoms with van der Waals surface area (Å²) in [5, 5.41) is 11.4. The quantitative estimate of drug-likeness (QED) is 0.698. The highest BCUT2D eigenvalue weighted by Gasteiger charge is 2.28. The molecule has 2 heterocycles. The van der Waals surface area contributed by atoms with Gasteiger partial charge >= 0.3 is 5.97 Å². The van der Waals surface area contributed by atoms with Gasteiger partial charge in [-0.05, 0) is 18.6 Å². The van der Waals surface area contributed by atoms with Crippen LogP contribution in [0.1, 0.15) is 16.9 Å². The summed E-state index contributed by atoms with van der Waals surface area (Å²) in [4.78, 5) is 25.2. The number of H-pyrrole nitrogens is 1. The molecule has 1 aromatic rings. The molecule has 0 saturated carbocycles. The second kappa shape index (κ2) is 6.35. The van der Waals surface area contributed by atoms with Crippen LogP contribution in [0.25, 0.3) is 0 Å². The summed E-state index contributed by atoms with van der Waals surface area (Å²) in [5.74, 6) is -1.28. The first-order valence-electron chi connectivity index (χ1n) is 6.02. The maximum atomic E-state index is 11.9. The molecule has 0 radical (unpaired) electrons. The number of carboxylic acids is 1. The molecule has 104 valence electrons. The molecule has 0 aromatic carbocycles. The van der Waals surface area contributed by atoms with Gasteiger partial charge < -0.3 is 24.9 Å². The topological polar surface area (TPSA) is 101 Å². The van der Waals surface area contributed by atoms with Crippen molar-refractivity contribution in [2.75, 3.05) is 19.8 Å². The second-order valence-corrected chi connectivity index (χ2v) is 4.27. The minimum Gasteiger partial charge on any atom is -0.480 e. The zero-order valence-corrected chi connectivity index (χ0v) is 10.3. The van der Waals surface area contributed by atoms with E-state index >= 15 is 0 Å². The summed E-state index contributed by atoms with van der Waals surface area (Å²) >= 11 is 0. The highest BCUT2D eigenvalue weighted by molar-refractivity contribution is 5.92. The lowest BCUT2D eigenvalue weighted by Crippen LogP contribution is -2.50. The van der Waals surface area contributed by atoms with Crippen molar-refractivity contribution < 1.29 is 24.2 Å². The molecule has 0 spiro atoms. The van der Waals surface area contributed by atoms with Crippen LogP contribution in [0.2, 0.25) is 0 Å². The molecule has 1 saturated heterocycles. The summed E-state index contributed by atoms with van der Waals surface area (Å²) in [6.45, 7) is 0.397. The maximum Gasteiger partial charge on any atom is 0.329 e. The molecular formula is C12H16N2O5. The van der Waals surface area contributed by atoms with E-state index in [1.807, 2.05) is 0 Å². The van der Waals surface area contributed by atoms with Crippen LogP contribution in [0.4, 0.5) is 0 Å². The fourth-order valence-electron chi connectivity index (χ4n) is 1.94. The van der Waals surface area contributed by atoms with Crippen LogP contribution < -0.4 is 5.32 Å². The number of carbonyl (C=O) groups excluding carboxylic acids is 1. The maximum absolute atomic E-state index is 11.9. The van der Waals surface area contributed by atoms with E-state index in [0.717, 1.165) is 0 Å². The van der Waals surface area contributed by atoms with Gasteiger partial charge in [-0.2, -0.15) is 0 Å². The third kappa shape index (κ3) is 3.80. The van der Waals surface area contributed by atoms with Crippen LogP contribution in [0, 0.1) is 0 Å². The normalized spacial score (nSPS) is 22.9. The average molecular weight is 268 g/mol. The Hall–Kier alpha value is -1.86. The summed E-state index contributed by atoms with van der Waals surface area (Å²) in [6, 6.07) is 3.16. The van der Waals surface area contributed by atoms with Gasteiger partial charge in [0, 0.05) is 12.8 Å². The zero-order chi connectivity index (χ0) is 13.7. The van der Waals surface area contributed by atoms with Crippen molar-refractivity contribution in [2.24, 2.45) is 0 Å². The first-order valence-corrected chi connectivity index (χ1v) is 6.02. The fourth-order valence-corrected chi connectivity index (χ4v) is 1.94. The number of carboxylic acid groups (broad SMARTS) is 1. The smallest absolute Gasteiger partial charge is 0.329 e. The van der Waals surface area contributed by atoms with Gasteiger partial charge in [0.05, 0.1) is 12.6 Å². The standard InChI is InChI=1S/C12H16N2O5/c15-11(16)7-19-10-6-18-5-3-8(10)14-12(17)9-2-1-4-13-9/h1-2,4,8,10,13H,3,5-7H2,(H,14,17)(H,15,16)/t8-,10-/m1/s1. The third-order valence-electron chi connectivity index (χ3n) is 2.88. The molecule has 1 aliphatic heterocycles. The molecule has 1 aromatic heterocycles. The van der Waals surface area contributed by atoms with Gasteiger partial charge in [-0.15, -0.1) is 0 Å². The van der Waals surface area contributed by atoms with Gasteiger partial charge in [0.2, 0.25) is 0 Å². The number of hydrogen-bond acceptors (Lipinski definition) is 4. The van der Waals surface area contributed by atoms with Gasteiger partial charge in [0.25, 0.3) is 5.91 Å². The number of carbonyl (C=O) groups is 2. The largest absolute Gasteiger partial charge is 0.480 e. The van der Waals surface area contributed by atoms with Crippen LogP contribution >= 0.6 is 0 Å². The van der Waals surface area contributed by atoms with Crippen LogP contribution in [-0.2, 0) is 14.3 Å². The number of aliphatic carboxylic acids is 1. The van der Waals surface area contributed by atoms with E-state index in [4.69, 9.17) is 14.6 Å². The third-order valence-corrected chi connectivity index (χ3v) is 2.88. The Balaban J connectivity index is 1.91. The molecule has 7 heteroatoms. The molecule has 19 heavy (non-hydrogen) atoms. The van der Waals surface area contributed by atoms with E-state index in [1.54, 1.807) is 18.3 Å². The Morgan fingerprint density at radius 1 is 1.58 bits per heavy atom. The van der Waals surface area contributed by atoms with Gasteiger partial charge in [0.1, 0.15) is 18.4 Å². The van der Waals surface area contributed by atoms with Crippen molar-refractivity contribution in [1.29, 1.82) is 0 Å². The first kappa shape index (κ1) is 13.6. The van der Waals surface area contributed by atoms with Gasteiger partial charge in [-0.3, -0.25) is 4.79 Å². The van der Waals surface area contributed by atoms with Crippen LogP contribution in [0.15, 0.2) is 18.3 Å². The van der Waals surface area contributed by atoms with Crippen LogP contribution in [0.5, 0.6) is 0 Å². The van der Waals surface area contributed by atoms with E-state index in [0.29, 0.717) is 18.7 Å². The number of rotatable bonds is 5. The molecule has 2 rings (SSSR count). The number of aromatic amines is 1. The number of nitrogens with one attached hydrogen (secondary N) is 2. The first-order chi connectivity index (χ1) is 9.16. The van der Waals surface area contributed by atoms with E-state index in [1.165, 1.54) is 0 Å². The van der Waals surface area contributed by atoms with E-state index in [2.05, 4.69) is 10.3 Å². The molecule has 1 fully saturated rings.